The normalized spacial score (nSPS) is 12.8. The van der Waals surface area contributed by atoms with Crippen molar-refractivity contribution in [2.45, 2.75) is 0 Å². The Morgan fingerprint density at radius 2 is 2.10 bits per heavy atom. The van der Waals surface area contributed by atoms with Gasteiger partial charge in [-0.15, -0.1) is 11.3 Å². The monoisotopic (exact) mass is 363 g/mol. The lowest BCUT2D eigenvalue weighted by molar-refractivity contribution is 0.174. The fraction of sp³-hybridized carbons (Fsp3) is 0.0714. The molecule has 0 saturated carbocycles. The van der Waals surface area contributed by atoms with E-state index in [2.05, 4.69) is 26.1 Å². The highest BCUT2D eigenvalue weighted by Crippen LogP contribution is 2.43. The molecular weight excluding hydrogens is 354 g/mol. The molecule has 3 heterocycles. The van der Waals surface area contributed by atoms with Crippen LogP contribution in [0.2, 0.25) is 0 Å². The van der Waals surface area contributed by atoms with Gasteiger partial charge in [-0.05, 0) is 45.1 Å². The highest BCUT2D eigenvalue weighted by Gasteiger charge is 2.20. The number of rotatable bonds is 2. The fourth-order valence-electron chi connectivity index (χ4n) is 2.34. The minimum atomic E-state index is 0.253. The summed E-state index contributed by atoms with van der Waals surface area (Å²) >= 11 is 5.17. The summed E-state index contributed by atoms with van der Waals surface area (Å²) in [7, 11) is 0. The van der Waals surface area contributed by atoms with Crippen LogP contribution in [-0.4, -0.2) is 17.0 Å². The lowest BCUT2D eigenvalue weighted by Gasteiger charge is -2.05. The summed E-state index contributed by atoms with van der Waals surface area (Å²) in [6.45, 7) is 0.253. The molecule has 0 amide bonds. The second-order valence-electron chi connectivity index (χ2n) is 4.52. The lowest BCUT2D eigenvalue weighted by atomic mass is 10.0. The maximum Gasteiger partial charge on any atom is 0.231 e. The molecule has 2 aromatic heterocycles. The number of thiophene rings is 1. The Morgan fingerprint density at radius 1 is 1.24 bits per heavy atom. The molecule has 21 heavy (non-hydrogen) atoms. The molecule has 0 unspecified atom stereocenters. The van der Waals surface area contributed by atoms with E-state index in [-0.39, 0.29) is 6.79 Å². The molecule has 0 fully saturated rings. The molecule has 7 heteroatoms. The van der Waals surface area contributed by atoms with Crippen molar-refractivity contribution in [1.82, 2.24) is 10.2 Å². The largest absolute Gasteiger partial charge is 0.454 e. The third kappa shape index (κ3) is 2.00. The number of H-pyrrole nitrogens is 1. The number of hydrogen-bond donors (Lipinski definition) is 2. The predicted molar refractivity (Wildman–Crippen MR) is 85.6 cm³/mol. The number of benzene rings is 1. The van der Waals surface area contributed by atoms with Gasteiger partial charge in [0.2, 0.25) is 6.79 Å². The van der Waals surface area contributed by atoms with Crippen LogP contribution in [0.3, 0.4) is 0 Å². The average molecular weight is 364 g/mol. The first-order valence-electron chi connectivity index (χ1n) is 6.21. The molecule has 5 nitrogen and oxygen atoms in total. The summed E-state index contributed by atoms with van der Waals surface area (Å²) < 4.78 is 11.8. The molecule has 106 valence electrons. The number of aromatic nitrogens is 2. The van der Waals surface area contributed by atoms with E-state index in [0.717, 1.165) is 37.7 Å². The van der Waals surface area contributed by atoms with Crippen LogP contribution in [0.5, 0.6) is 11.5 Å². The zero-order valence-electron chi connectivity index (χ0n) is 10.7. The summed E-state index contributed by atoms with van der Waals surface area (Å²) in [5, 5.41) is 9.18. The van der Waals surface area contributed by atoms with E-state index < -0.39 is 0 Å². The summed E-state index contributed by atoms with van der Waals surface area (Å²) in [6.07, 6.45) is 0. The quantitative estimate of drug-likeness (QED) is 0.724. The average Bonchev–Trinajstić information content (AvgIpc) is 3.17. The zero-order valence-corrected chi connectivity index (χ0v) is 13.1. The SMILES string of the molecule is Nc1n[nH]c(-c2sccc2Br)c1-c1ccc2c(c1)OCO2. The summed E-state index contributed by atoms with van der Waals surface area (Å²) in [4.78, 5) is 1.06. The van der Waals surface area contributed by atoms with E-state index in [0.29, 0.717) is 5.82 Å². The number of hydrogen-bond acceptors (Lipinski definition) is 5. The summed E-state index contributed by atoms with van der Waals surface area (Å²) in [5.74, 6) is 1.94. The number of nitrogens with zero attached hydrogens (tertiary/aromatic N) is 1. The van der Waals surface area contributed by atoms with E-state index in [9.17, 15) is 0 Å². The van der Waals surface area contributed by atoms with Crippen LogP contribution in [0, 0.1) is 0 Å². The molecule has 1 aromatic carbocycles. The molecule has 0 atom stereocenters. The first-order valence-corrected chi connectivity index (χ1v) is 7.88. The van der Waals surface area contributed by atoms with E-state index in [1.54, 1.807) is 11.3 Å². The van der Waals surface area contributed by atoms with Crippen molar-refractivity contribution < 1.29 is 9.47 Å². The number of halogens is 1. The van der Waals surface area contributed by atoms with Gasteiger partial charge in [0.15, 0.2) is 17.3 Å². The van der Waals surface area contributed by atoms with Crippen molar-refractivity contribution in [2.24, 2.45) is 0 Å². The van der Waals surface area contributed by atoms with Gasteiger partial charge in [0.05, 0.1) is 16.1 Å². The molecule has 0 saturated heterocycles. The van der Waals surface area contributed by atoms with Crippen LogP contribution in [0.25, 0.3) is 21.7 Å². The molecule has 3 aromatic rings. The standard InChI is InChI=1S/C14H10BrN3O2S/c15-8-3-4-21-13(8)12-11(14(16)18-17-12)7-1-2-9-10(5-7)20-6-19-9/h1-5H,6H2,(H3,16,17,18). The molecular formula is C14H10BrN3O2S. The molecule has 3 N–H and O–H groups in total. The smallest absolute Gasteiger partial charge is 0.231 e. The third-order valence-electron chi connectivity index (χ3n) is 3.30. The van der Waals surface area contributed by atoms with Crippen LogP contribution in [0.1, 0.15) is 0 Å². The minimum Gasteiger partial charge on any atom is -0.454 e. The molecule has 0 radical (unpaired) electrons. The van der Waals surface area contributed by atoms with Crippen molar-refractivity contribution in [3.8, 4) is 33.2 Å². The Hall–Kier alpha value is -1.99. The van der Waals surface area contributed by atoms with Gasteiger partial charge in [0, 0.05) is 4.47 Å². The number of nitrogen functional groups attached to an aromatic ring is 1. The fourth-order valence-corrected chi connectivity index (χ4v) is 3.91. The number of nitrogens with two attached hydrogens (primary N) is 1. The molecule has 0 aliphatic carbocycles. The van der Waals surface area contributed by atoms with Crippen molar-refractivity contribution >= 4 is 33.1 Å². The Balaban J connectivity index is 1.89. The third-order valence-corrected chi connectivity index (χ3v) is 5.15. The Kier molecular flexibility index (Phi) is 2.90. The number of ether oxygens (including phenoxy) is 2. The van der Waals surface area contributed by atoms with Crippen molar-refractivity contribution in [1.29, 1.82) is 0 Å². The van der Waals surface area contributed by atoms with E-state index >= 15 is 0 Å². The second kappa shape index (κ2) is 4.78. The molecule has 0 bridgehead atoms. The first-order chi connectivity index (χ1) is 10.2. The summed E-state index contributed by atoms with van der Waals surface area (Å²) in [5.41, 5.74) is 8.76. The molecule has 4 rings (SSSR count). The maximum absolute atomic E-state index is 6.05. The van der Waals surface area contributed by atoms with Gasteiger partial charge >= 0.3 is 0 Å². The van der Waals surface area contributed by atoms with E-state index in [4.69, 9.17) is 15.2 Å². The van der Waals surface area contributed by atoms with Gasteiger partial charge in [-0.3, -0.25) is 5.10 Å². The van der Waals surface area contributed by atoms with Crippen LogP contribution in [-0.2, 0) is 0 Å². The molecule has 0 spiro atoms. The van der Waals surface area contributed by atoms with Crippen molar-refractivity contribution in [2.75, 3.05) is 12.5 Å². The van der Waals surface area contributed by atoms with Gasteiger partial charge < -0.3 is 15.2 Å². The van der Waals surface area contributed by atoms with Gasteiger partial charge in [-0.2, -0.15) is 5.10 Å². The first kappa shape index (κ1) is 12.7. The van der Waals surface area contributed by atoms with E-state index in [1.807, 2.05) is 29.6 Å². The number of anilines is 1. The van der Waals surface area contributed by atoms with Crippen LogP contribution < -0.4 is 15.2 Å². The lowest BCUT2D eigenvalue weighted by Crippen LogP contribution is -1.93. The zero-order chi connectivity index (χ0) is 14.4. The number of nitrogens with one attached hydrogen (secondary N) is 1. The minimum absolute atomic E-state index is 0.253. The predicted octanol–water partition coefficient (Wildman–Crippen LogP) is 3.88. The van der Waals surface area contributed by atoms with Crippen molar-refractivity contribution in [3.05, 3.63) is 34.1 Å². The van der Waals surface area contributed by atoms with E-state index in [1.165, 1.54) is 0 Å². The Bertz CT molecular complexity index is 827. The van der Waals surface area contributed by atoms with Crippen LogP contribution in [0.4, 0.5) is 5.82 Å². The second-order valence-corrected chi connectivity index (χ2v) is 6.30. The molecule has 1 aliphatic heterocycles. The molecule has 1 aliphatic rings. The van der Waals surface area contributed by atoms with Gasteiger partial charge in [-0.25, -0.2) is 0 Å². The highest BCUT2D eigenvalue weighted by atomic mass is 79.9. The van der Waals surface area contributed by atoms with Crippen LogP contribution in [0.15, 0.2) is 34.1 Å². The van der Waals surface area contributed by atoms with Crippen molar-refractivity contribution in [3.63, 3.8) is 0 Å². The number of fused-ring (bicyclic) bond motifs is 1. The van der Waals surface area contributed by atoms with Gasteiger partial charge in [0.25, 0.3) is 0 Å². The highest BCUT2D eigenvalue weighted by molar-refractivity contribution is 9.10. The topological polar surface area (TPSA) is 73.2 Å². The van der Waals surface area contributed by atoms with Gasteiger partial charge in [0.1, 0.15) is 0 Å². The van der Waals surface area contributed by atoms with Gasteiger partial charge in [-0.1, -0.05) is 6.07 Å². The van der Waals surface area contributed by atoms with Crippen LogP contribution >= 0.6 is 27.3 Å². The number of aromatic amines is 1. The summed E-state index contributed by atoms with van der Waals surface area (Å²) in [6, 6.07) is 7.77. The Morgan fingerprint density at radius 3 is 2.90 bits per heavy atom. The Labute approximate surface area is 132 Å². The maximum atomic E-state index is 6.05.